The van der Waals surface area contributed by atoms with Crippen LogP contribution < -0.4 is 5.32 Å². The molecule has 128 valence electrons. The molecular formula is C18H16N2O3S2. The zero-order chi connectivity index (χ0) is 18.3. The van der Waals surface area contributed by atoms with E-state index in [4.69, 9.17) is 12.2 Å². The lowest BCUT2D eigenvalue weighted by atomic mass is 10.1. The minimum absolute atomic E-state index is 0.191. The molecule has 1 fully saturated rings. The SMILES string of the molecule is Cc1c(C(=O)O)cccc1-n1c(C)cc(C=C2SC(=S)NC2=O)c1C. The molecule has 5 nitrogen and oxygen atoms in total. The molecule has 0 spiro atoms. The maximum Gasteiger partial charge on any atom is 0.336 e. The lowest BCUT2D eigenvalue weighted by Crippen LogP contribution is -2.17. The maximum absolute atomic E-state index is 11.9. The first-order valence-electron chi connectivity index (χ1n) is 7.56. The van der Waals surface area contributed by atoms with E-state index in [0.29, 0.717) is 14.8 Å². The Hall–Kier alpha value is -2.38. The Labute approximate surface area is 154 Å². The number of aromatic carboxylic acids is 1. The van der Waals surface area contributed by atoms with Crippen molar-refractivity contribution >= 4 is 46.3 Å². The molecule has 2 heterocycles. The van der Waals surface area contributed by atoms with Crippen LogP contribution in [0.4, 0.5) is 0 Å². The van der Waals surface area contributed by atoms with Gasteiger partial charge in [-0.2, -0.15) is 0 Å². The van der Waals surface area contributed by atoms with E-state index in [9.17, 15) is 14.7 Å². The van der Waals surface area contributed by atoms with Gasteiger partial charge in [-0.3, -0.25) is 4.79 Å². The molecule has 1 aromatic heterocycles. The van der Waals surface area contributed by atoms with Gasteiger partial charge in [0.2, 0.25) is 0 Å². The number of thiocarbonyl (C=S) groups is 1. The van der Waals surface area contributed by atoms with Crippen molar-refractivity contribution in [1.82, 2.24) is 9.88 Å². The number of hydrogen-bond acceptors (Lipinski definition) is 4. The van der Waals surface area contributed by atoms with Crippen molar-refractivity contribution in [1.29, 1.82) is 0 Å². The lowest BCUT2D eigenvalue weighted by Gasteiger charge is -2.14. The molecule has 0 atom stereocenters. The minimum Gasteiger partial charge on any atom is -0.478 e. The molecule has 0 radical (unpaired) electrons. The van der Waals surface area contributed by atoms with Gasteiger partial charge in [0.15, 0.2) is 0 Å². The van der Waals surface area contributed by atoms with Crippen LogP contribution in [0.5, 0.6) is 0 Å². The Bertz CT molecular complexity index is 957. The van der Waals surface area contributed by atoms with Gasteiger partial charge in [-0.1, -0.05) is 30.0 Å². The van der Waals surface area contributed by atoms with Gasteiger partial charge in [-0.05, 0) is 56.2 Å². The number of carboxylic acids is 1. The average molecular weight is 372 g/mol. The van der Waals surface area contributed by atoms with Crippen molar-refractivity contribution in [2.45, 2.75) is 20.8 Å². The fraction of sp³-hybridized carbons (Fsp3) is 0.167. The highest BCUT2D eigenvalue weighted by atomic mass is 32.2. The summed E-state index contributed by atoms with van der Waals surface area (Å²) in [5, 5.41) is 12.0. The second kappa shape index (κ2) is 6.50. The van der Waals surface area contributed by atoms with E-state index in [2.05, 4.69) is 5.32 Å². The summed E-state index contributed by atoms with van der Waals surface area (Å²) in [6.07, 6.45) is 1.81. The van der Waals surface area contributed by atoms with E-state index in [0.717, 1.165) is 22.6 Å². The van der Waals surface area contributed by atoms with Crippen LogP contribution >= 0.6 is 24.0 Å². The number of amides is 1. The van der Waals surface area contributed by atoms with Crippen LogP contribution in [-0.2, 0) is 4.79 Å². The fourth-order valence-corrected chi connectivity index (χ4v) is 4.00. The molecule has 0 unspecified atom stereocenters. The molecule has 1 amide bonds. The molecule has 2 aromatic rings. The van der Waals surface area contributed by atoms with Crippen molar-refractivity contribution in [3.63, 3.8) is 0 Å². The van der Waals surface area contributed by atoms with E-state index in [1.54, 1.807) is 19.1 Å². The number of carbonyl (C=O) groups is 2. The summed E-state index contributed by atoms with van der Waals surface area (Å²) in [7, 11) is 0. The summed E-state index contributed by atoms with van der Waals surface area (Å²) in [4.78, 5) is 23.8. The highest BCUT2D eigenvalue weighted by Gasteiger charge is 2.23. The van der Waals surface area contributed by atoms with Crippen molar-refractivity contribution in [2.75, 3.05) is 0 Å². The largest absolute Gasteiger partial charge is 0.478 e. The first kappa shape index (κ1) is 17.4. The zero-order valence-electron chi connectivity index (χ0n) is 13.9. The minimum atomic E-state index is -0.948. The molecule has 1 aromatic carbocycles. The van der Waals surface area contributed by atoms with Crippen LogP contribution in [-0.4, -0.2) is 25.9 Å². The van der Waals surface area contributed by atoms with Gasteiger partial charge in [0.05, 0.1) is 10.5 Å². The van der Waals surface area contributed by atoms with Crippen LogP contribution in [0, 0.1) is 20.8 Å². The molecule has 2 N–H and O–H groups in total. The summed E-state index contributed by atoms with van der Waals surface area (Å²) >= 11 is 6.26. The molecule has 3 rings (SSSR count). The molecule has 1 saturated heterocycles. The molecule has 1 aliphatic rings. The Balaban J connectivity index is 2.12. The quantitative estimate of drug-likeness (QED) is 0.636. The predicted octanol–water partition coefficient (Wildman–Crippen LogP) is 3.59. The Morgan fingerprint density at radius 2 is 2.04 bits per heavy atom. The number of nitrogens with one attached hydrogen (secondary N) is 1. The third-order valence-electron chi connectivity index (χ3n) is 4.18. The number of thioether (sulfide) groups is 1. The van der Waals surface area contributed by atoms with E-state index in [1.165, 1.54) is 11.8 Å². The molecular weight excluding hydrogens is 356 g/mol. The summed E-state index contributed by atoms with van der Waals surface area (Å²) in [6.45, 7) is 5.70. The molecule has 1 aliphatic heterocycles. The zero-order valence-corrected chi connectivity index (χ0v) is 15.5. The first-order valence-corrected chi connectivity index (χ1v) is 8.79. The topological polar surface area (TPSA) is 71.3 Å². The van der Waals surface area contributed by atoms with Gasteiger partial charge in [-0.25, -0.2) is 4.79 Å². The van der Waals surface area contributed by atoms with Gasteiger partial charge in [0.25, 0.3) is 5.91 Å². The van der Waals surface area contributed by atoms with Crippen molar-refractivity contribution < 1.29 is 14.7 Å². The number of hydrogen-bond donors (Lipinski definition) is 2. The number of carboxylic acid groups (broad SMARTS) is 1. The average Bonchev–Trinajstić information content (AvgIpc) is 2.99. The van der Waals surface area contributed by atoms with Crippen molar-refractivity contribution in [3.05, 3.63) is 57.2 Å². The Morgan fingerprint density at radius 3 is 2.64 bits per heavy atom. The van der Waals surface area contributed by atoms with Crippen molar-refractivity contribution in [2.24, 2.45) is 0 Å². The summed E-state index contributed by atoms with van der Waals surface area (Å²) < 4.78 is 2.46. The molecule has 0 bridgehead atoms. The standard InChI is InChI=1S/C18H16N2O3S2/c1-9-7-12(8-15-16(21)19-18(24)25-15)11(3)20(9)14-6-4-5-13(10(14)2)17(22)23/h4-8H,1-3H3,(H,22,23)(H,19,21,24). The summed E-state index contributed by atoms with van der Waals surface area (Å²) in [5.74, 6) is -1.14. The molecule has 7 heteroatoms. The van der Waals surface area contributed by atoms with Gasteiger partial charge in [0.1, 0.15) is 4.32 Å². The molecule has 0 saturated carbocycles. The maximum atomic E-state index is 11.9. The fourth-order valence-electron chi connectivity index (χ4n) is 2.96. The Morgan fingerprint density at radius 1 is 1.32 bits per heavy atom. The van der Waals surface area contributed by atoms with E-state index < -0.39 is 5.97 Å². The number of benzene rings is 1. The second-order valence-corrected chi connectivity index (χ2v) is 7.49. The number of carbonyl (C=O) groups excluding carboxylic acids is 1. The third kappa shape index (κ3) is 3.12. The highest BCUT2D eigenvalue weighted by Crippen LogP contribution is 2.30. The van der Waals surface area contributed by atoms with Gasteiger partial charge < -0.3 is 15.0 Å². The van der Waals surface area contributed by atoms with E-state index >= 15 is 0 Å². The van der Waals surface area contributed by atoms with E-state index in [1.807, 2.05) is 36.6 Å². The van der Waals surface area contributed by atoms with Gasteiger partial charge in [0, 0.05) is 17.1 Å². The van der Waals surface area contributed by atoms with Crippen LogP contribution in [0.1, 0.15) is 32.9 Å². The predicted molar refractivity (Wildman–Crippen MR) is 103 cm³/mol. The lowest BCUT2D eigenvalue weighted by molar-refractivity contribution is -0.115. The number of aromatic nitrogens is 1. The number of nitrogens with zero attached hydrogens (tertiary/aromatic N) is 1. The van der Waals surface area contributed by atoms with Crippen LogP contribution in [0.3, 0.4) is 0 Å². The second-order valence-electron chi connectivity index (χ2n) is 5.77. The number of rotatable bonds is 3. The van der Waals surface area contributed by atoms with E-state index in [-0.39, 0.29) is 11.5 Å². The van der Waals surface area contributed by atoms with Gasteiger partial charge in [-0.15, -0.1) is 0 Å². The normalized spacial score (nSPS) is 15.7. The summed E-state index contributed by atoms with van der Waals surface area (Å²) in [5.41, 5.74) is 4.59. The molecule has 0 aliphatic carbocycles. The third-order valence-corrected chi connectivity index (χ3v) is 5.34. The van der Waals surface area contributed by atoms with Crippen LogP contribution in [0.2, 0.25) is 0 Å². The smallest absolute Gasteiger partial charge is 0.336 e. The first-order chi connectivity index (χ1) is 11.8. The molecule has 25 heavy (non-hydrogen) atoms. The number of aryl methyl sites for hydroxylation is 1. The van der Waals surface area contributed by atoms with Crippen molar-refractivity contribution in [3.8, 4) is 5.69 Å². The van der Waals surface area contributed by atoms with Crippen LogP contribution in [0.25, 0.3) is 11.8 Å². The highest BCUT2D eigenvalue weighted by molar-refractivity contribution is 8.26. The summed E-state index contributed by atoms with van der Waals surface area (Å²) in [6, 6.07) is 7.20. The van der Waals surface area contributed by atoms with Gasteiger partial charge >= 0.3 is 5.97 Å². The van der Waals surface area contributed by atoms with Crippen LogP contribution in [0.15, 0.2) is 29.2 Å². The monoisotopic (exact) mass is 372 g/mol. The Kier molecular flexibility index (Phi) is 4.53.